The van der Waals surface area contributed by atoms with E-state index in [0.717, 1.165) is 5.56 Å². The highest BCUT2D eigenvalue weighted by atomic mass is 19.4. The Balaban J connectivity index is 1.70. The van der Waals surface area contributed by atoms with Crippen molar-refractivity contribution in [3.8, 4) is 0 Å². The molecule has 3 aromatic rings. The van der Waals surface area contributed by atoms with E-state index in [9.17, 15) is 30.7 Å². The number of fused-ring (bicyclic) bond motifs is 1. The number of nitrogens with zero attached hydrogens (tertiary/aromatic N) is 1. The molecule has 4 rings (SSSR count). The topological polar surface area (TPSA) is 22.1 Å². The van der Waals surface area contributed by atoms with Gasteiger partial charge in [0, 0.05) is 12.3 Å². The predicted octanol–water partition coefficient (Wildman–Crippen LogP) is 7.28. The lowest BCUT2D eigenvalue weighted by molar-refractivity contribution is -0.143. The van der Waals surface area contributed by atoms with Crippen molar-refractivity contribution in [3.63, 3.8) is 0 Å². The Bertz CT molecular complexity index is 1120. The summed E-state index contributed by atoms with van der Waals surface area (Å²) >= 11 is 0. The third-order valence-electron chi connectivity index (χ3n) is 5.92. The van der Waals surface area contributed by atoms with E-state index in [4.69, 9.17) is 4.74 Å². The quantitative estimate of drug-likeness (QED) is 0.365. The van der Waals surface area contributed by atoms with Crippen molar-refractivity contribution in [3.05, 3.63) is 100 Å². The van der Waals surface area contributed by atoms with Crippen molar-refractivity contribution in [2.45, 2.75) is 50.2 Å². The van der Waals surface area contributed by atoms with Gasteiger partial charge in [-0.25, -0.2) is 4.39 Å². The zero-order valence-electron chi connectivity index (χ0n) is 17.8. The van der Waals surface area contributed by atoms with Crippen LogP contribution in [0.1, 0.15) is 58.9 Å². The number of hydrogen-bond donors (Lipinski definition) is 0. The summed E-state index contributed by atoms with van der Waals surface area (Å²) in [5, 5.41) is 0. The van der Waals surface area contributed by atoms with Crippen molar-refractivity contribution in [2.24, 2.45) is 0 Å². The maximum atomic E-state index is 13.5. The number of aromatic nitrogens is 1. The summed E-state index contributed by atoms with van der Waals surface area (Å²) in [6, 6.07) is 11.8. The van der Waals surface area contributed by atoms with Gasteiger partial charge in [0.1, 0.15) is 5.82 Å². The molecule has 1 aliphatic rings. The highest BCUT2D eigenvalue weighted by Gasteiger charge is 2.38. The monoisotopic (exact) mass is 482 g/mol. The van der Waals surface area contributed by atoms with Gasteiger partial charge in [-0.2, -0.15) is 26.3 Å². The largest absolute Gasteiger partial charge is 0.416 e. The van der Waals surface area contributed by atoms with Gasteiger partial charge in [0.2, 0.25) is 0 Å². The van der Waals surface area contributed by atoms with E-state index >= 15 is 0 Å². The highest BCUT2D eigenvalue weighted by molar-refractivity contribution is 5.38. The maximum absolute atomic E-state index is 13.5. The average molecular weight is 482 g/mol. The fraction of sp³-hybridized carbons (Fsp3) is 0.320. The first-order valence-corrected chi connectivity index (χ1v) is 10.5. The normalized spacial score (nSPS) is 19.5. The molecule has 1 radical (unpaired) electrons. The Morgan fingerprint density at radius 1 is 0.971 bits per heavy atom. The molecule has 0 bridgehead atoms. The molecule has 34 heavy (non-hydrogen) atoms. The summed E-state index contributed by atoms with van der Waals surface area (Å²) in [5.41, 5.74) is -0.780. The third kappa shape index (κ3) is 5.09. The van der Waals surface area contributed by atoms with Crippen LogP contribution in [-0.2, 0) is 23.5 Å². The molecule has 1 aliphatic carbocycles. The molecule has 2 aromatic carbocycles. The summed E-state index contributed by atoms with van der Waals surface area (Å²) in [6.45, 7) is 1.42. The summed E-state index contributed by atoms with van der Waals surface area (Å²) < 4.78 is 99.3. The Morgan fingerprint density at radius 3 is 2.18 bits per heavy atom. The molecule has 179 valence electrons. The second-order valence-corrected chi connectivity index (χ2v) is 8.20. The minimum absolute atomic E-state index is 0.0921. The molecule has 0 aliphatic heterocycles. The molecule has 0 fully saturated rings. The van der Waals surface area contributed by atoms with Crippen LogP contribution in [0.2, 0.25) is 0 Å². The summed E-state index contributed by atoms with van der Waals surface area (Å²) in [5.74, 6) is -0.919. The van der Waals surface area contributed by atoms with Gasteiger partial charge in [-0.3, -0.25) is 4.98 Å². The lowest BCUT2D eigenvalue weighted by Gasteiger charge is -2.35. The van der Waals surface area contributed by atoms with E-state index in [2.05, 4.69) is 11.1 Å². The summed E-state index contributed by atoms with van der Waals surface area (Å²) in [7, 11) is 0. The van der Waals surface area contributed by atoms with E-state index in [0.29, 0.717) is 36.2 Å². The average Bonchev–Trinajstić information content (AvgIpc) is 2.78. The van der Waals surface area contributed by atoms with Crippen LogP contribution in [0, 0.1) is 11.9 Å². The van der Waals surface area contributed by atoms with E-state index in [1.165, 1.54) is 25.3 Å². The first kappa shape index (κ1) is 24.2. The number of halogens is 7. The maximum Gasteiger partial charge on any atom is 0.416 e. The van der Waals surface area contributed by atoms with Gasteiger partial charge in [-0.1, -0.05) is 12.1 Å². The van der Waals surface area contributed by atoms with Crippen LogP contribution < -0.4 is 0 Å². The second kappa shape index (κ2) is 9.02. The van der Waals surface area contributed by atoms with E-state index in [-0.39, 0.29) is 11.6 Å². The second-order valence-electron chi connectivity index (χ2n) is 8.20. The van der Waals surface area contributed by atoms with Crippen molar-refractivity contribution in [2.75, 3.05) is 0 Å². The minimum Gasteiger partial charge on any atom is -0.370 e. The predicted molar refractivity (Wildman–Crippen MR) is 109 cm³/mol. The minimum atomic E-state index is -4.95. The van der Waals surface area contributed by atoms with Crippen LogP contribution in [0.4, 0.5) is 30.7 Å². The van der Waals surface area contributed by atoms with Crippen molar-refractivity contribution in [1.29, 1.82) is 0 Å². The van der Waals surface area contributed by atoms with Gasteiger partial charge in [0.05, 0.1) is 34.9 Å². The van der Waals surface area contributed by atoms with Crippen LogP contribution in [0.25, 0.3) is 0 Å². The Hall–Kier alpha value is -2.94. The van der Waals surface area contributed by atoms with Crippen LogP contribution in [0.5, 0.6) is 0 Å². The Labute approximate surface area is 191 Å². The molecule has 0 saturated carbocycles. The van der Waals surface area contributed by atoms with Crippen LogP contribution in [-0.4, -0.2) is 11.1 Å². The first-order chi connectivity index (χ1) is 15.9. The van der Waals surface area contributed by atoms with Crippen LogP contribution >= 0.6 is 0 Å². The number of benzene rings is 2. The number of rotatable bonds is 4. The zero-order chi connectivity index (χ0) is 24.7. The smallest absolute Gasteiger partial charge is 0.370 e. The summed E-state index contributed by atoms with van der Waals surface area (Å²) in [4.78, 5) is 4.40. The van der Waals surface area contributed by atoms with Gasteiger partial charge in [-0.15, -0.1) is 0 Å². The Morgan fingerprint density at radius 2 is 1.59 bits per heavy atom. The van der Waals surface area contributed by atoms with Gasteiger partial charge >= 0.3 is 12.4 Å². The molecule has 0 spiro atoms. The fourth-order valence-electron chi connectivity index (χ4n) is 4.27. The van der Waals surface area contributed by atoms with Crippen molar-refractivity contribution < 1.29 is 35.5 Å². The van der Waals surface area contributed by atoms with E-state index in [1.54, 1.807) is 18.2 Å². The SMILES string of the molecule is C[C@@H](O[C@H]1CCc2c[c]cnc2[C@@H]1c1ccc(F)cc1)c1cc(C(F)(F)F)cc(C(F)(F)F)c1. The van der Waals surface area contributed by atoms with Crippen molar-refractivity contribution >= 4 is 0 Å². The van der Waals surface area contributed by atoms with E-state index in [1.807, 2.05) is 0 Å². The number of pyridine rings is 1. The van der Waals surface area contributed by atoms with Gasteiger partial charge < -0.3 is 4.74 Å². The Kier molecular flexibility index (Phi) is 6.42. The molecule has 9 heteroatoms. The molecule has 0 unspecified atom stereocenters. The lowest BCUT2D eigenvalue weighted by Crippen LogP contribution is -2.31. The number of hydrogen-bond acceptors (Lipinski definition) is 2. The molecule has 0 amide bonds. The lowest BCUT2D eigenvalue weighted by atomic mass is 9.79. The molecule has 0 N–H and O–H groups in total. The third-order valence-corrected chi connectivity index (χ3v) is 5.92. The molecule has 1 heterocycles. The van der Waals surface area contributed by atoms with Gasteiger partial charge in [0.15, 0.2) is 0 Å². The molecule has 3 atom stereocenters. The van der Waals surface area contributed by atoms with Gasteiger partial charge in [-0.05, 0) is 72.9 Å². The molecular formula is C25H19F7NO. The zero-order valence-corrected chi connectivity index (χ0v) is 17.8. The first-order valence-electron chi connectivity index (χ1n) is 10.5. The number of alkyl halides is 6. The summed E-state index contributed by atoms with van der Waals surface area (Å²) in [6.07, 6.45) is -9.11. The molecule has 0 saturated heterocycles. The standard InChI is InChI=1S/C25H19F7NO/c1-14(17-11-18(24(27,28)29)13-19(12-17)25(30,31)32)34-21-9-6-16-3-2-10-33-23(16)22(21)15-4-7-20(26)8-5-15/h3-5,7-8,10-14,21-22H,6,9H2,1H3/t14-,21+,22-/m1/s1. The van der Waals surface area contributed by atoms with Gasteiger partial charge in [0.25, 0.3) is 0 Å². The fourth-order valence-corrected chi connectivity index (χ4v) is 4.27. The highest BCUT2D eigenvalue weighted by Crippen LogP contribution is 2.41. The molecular weight excluding hydrogens is 463 g/mol. The molecule has 1 aromatic heterocycles. The number of ether oxygens (including phenoxy) is 1. The van der Waals surface area contributed by atoms with Crippen LogP contribution in [0.3, 0.4) is 0 Å². The van der Waals surface area contributed by atoms with Crippen molar-refractivity contribution in [1.82, 2.24) is 4.98 Å². The molecule has 2 nitrogen and oxygen atoms in total. The van der Waals surface area contributed by atoms with Crippen LogP contribution in [0.15, 0.2) is 54.7 Å². The number of aryl methyl sites for hydroxylation is 1. The van der Waals surface area contributed by atoms with E-state index < -0.39 is 47.4 Å².